The van der Waals surface area contributed by atoms with Gasteiger partial charge in [0, 0.05) is 0 Å². The maximum absolute atomic E-state index is 13.6. The van der Waals surface area contributed by atoms with E-state index in [2.05, 4.69) is 31.7 Å². The second-order valence-electron chi connectivity index (χ2n) is 9.97. The van der Waals surface area contributed by atoms with E-state index in [1.807, 2.05) is 12.1 Å². The Kier molecular flexibility index (Phi) is 6.94. The first kappa shape index (κ1) is 22.2. The third-order valence-corrected chi connectivity index (χ3v) is 8.31. The van der Waals surface area contributed by atoms with Gasteiger partial charge in [-0.2, -0.15) is 0 Å². The lowest BCUT2D eigenvalue weighted by atomic mass is 9.58. The Labute approximate surface area is 186 Å². The van der Waals surface area contributed by atoms with Crippen LogP contribution in [0.1, 0.15) is 82.6 Å². The minimum Gasteiger partial charge on any atom is -0.204 e. The molecule has 0 aromatic heterocycles. The maximum atomic E-state index is 13.6. The molecule has 0 amide bonds. The average molecular weight is 423 g/mol. The Bertz CT molecular complexity index is 866. The predicted octanol–water partition coefficient (Wildman–Crippen LogP) is 9.07. The summed E-state index contributed by atoms with van der Waals surface area (Å²) < 4.78 is 26.8. The van der Waals surface area contributed by atoms with Crippen molar-refractivity contribution in [2.45, 2.75) is 77.0 Å². The molecule has 0 saturated heterocycles. The van der Waals surface area contributed by atoms with Crippen LogP contribution in [0.25, 0.3) is 11.1 Å². The molecule has 0 heterocycles. The van der Waals surface area contributed by atoms with Gasteiger partial charge in [0.25, 0.3) is 0 Å². The smallest absolute Gasteiger partial charge is 0.159 e. The molecule has 2 fully saturated rings. The van der Waals surface area contributed by atoms with Crippen LogP contribution in [0.5, 0.6) is 0 Å². The molecule has 0 bridgehead atoms. The molecule has 2 aromatic rings. The lowest BCUT2D eigenvalue weighted by Gasteiger charge is -2.46. The molecular formula is C29H36F2. The van der Waals surface area contributed by atoms with Crippen LogP contribution in [0, 0.1) is 28.9 Å². The fourth-order valence-electron chi connectivity index (χ4n) is 6.33. The molecule has 31 heavy (non-hydrogen) atoms. The van der Waals surface area contributed by atoms with Gasteiger partial charge in [-0.3, -0.25) is 0 Å². The normalized spacial score (nSPS) is 28.9. The Morgan fingerprint density at radius 2 is 1.52 bits per heavy atom. The van der Waals surface area contributed by atoms with E-state index in [1.165, 1.54) is 81.9 Å². The first-order valence-electron chi connectivity index (χ1n) is 12.2. The molecular weight excluding hydrogens is 386 g/mol. The summed E-state index contributed by atoms with van der Waals surface area (Å²) in [7, 11) is 0. The summed E-state index contributed by atoms with van der Waals surface area (Å²) >= 11 is 0. The summed E-state index contributed by atoms with van der Waals surface area (Å²) in [6.45, 7) is 6.59. The van der Waals surface area contributed by atoms with Crippen LogP contribution in [0.15, 0.2) is 55.1 Å². The van der Waals surface area contributed by atoms with E-state index in [0.29, 0.717) is 11.3 Å². The largest absolute Gasteiger partial charge is 0.204 e. The maximum Gasteiger partial charge on any atom is 0.159 e. The number of rotatable bonds is 6. The van der Waals surface area contributed by atoms with Gasteiger partial charge in [-0.25, -0.2) is 8.78 Å². The Hall–Kier alpha value is -1.96. The van der Waals surface area contributed by atoms with Crippen LogP contribution in [-0.2, 0) is 0 Å². The second-order valence-corrected chi connectivity index (χ2v) is 9.97. The Morgan fingerprint density at radius 1 is 0.871 bits per heavy atom. The number of halogens is 2. The van der Waals surface area contributed by atoms with E-state index in [-0.39, 0.29) is 0 Å². The van der Waals surface area contributed by atoms with Gasteiger partial charge in [0.2, 0.25) is 0 Å². The van der Waals surface area contributed by atoms with Gasteiger partial charge in [-0.15, -0.1) is 6.58 Å². The Morgan fingerprint density at radius 3 is 2.10 bits per heavy atom. The summed E-state index contributed by atoms with van der Waals surface area (Å²) in [5.74, 6) is 0.761. The first-order valence-corrected chi connectivity index (χ1v) is 12.2. The average Bonchev–Trinajstić information content (AvgIpc) is 2.82. The number of benzene rings is 2. The highest BCUT2D eigenvalue weighted by atomic mass is 19.2. The van der Waals surface area contributed by atoms with Crippen LogP contribution in [0.2, 0.25) is 0 Å². The number of hydrogen-bond donors (Lipinski definition) is 0. The van der Waals surface area contributed by atoms with Gasteiger partial charge in [-0.1, -0.05) is 69.0 Å². The highest BCUT2D eigenvalue weighted by molar-refractivity contribution is 5.63. The zero-order valence-electron chi connectivity index (χ0n) is 18.9. The van der Waals surface area contributed by atoms with Gasteiger partial charge >= 0.3 is 0 Å². The fraction of sp³-hybridized carbons (Fsp3) is 0.517. The SMILES string of the molecule is C=CC1(C2CCC(CCC)CC2)CCC(c2ccc(-c3ccc(F)c(F)c3)cc2)CC1. The summed E-state index contributed by atoms with van der Waals surface area (Å²) in [5, 5.41) is 0. The lowest BCUT2D eigenvalue weighted by molar-refractivity contribution is 0.0927. The number of hydrogen-bond acceptors (Lipinski definition) is 0. The molecule has 0 aliphatic heterocycles. The van der Waals surface area contributed by atoms with Gasteiger partial charge < -0.3 is 0 Å². The molecule has 0 spiro atoms. The summed E-state index contributed by atoms with van der Waals surface area (Å²) in [4.78, 5) is 0. The molecule has 2 heteroatoms. The zero-order valence-corrected chi connectivity index (χ0v) is 18.9. The van der Waals surface area contributed by atoms with Gasteiger partial charge in [0.05, 0.1) is 0 Å². The van der Waals surface area contributed by atoms with Crippen LogP contribution in [0.4, 0.5) is 8.78 Å². The quantitative estimate of drug-likeness (QED) is 0.407. The topological polar surface area (TPSA) is 0 Å². The minimum absolute atomic E-state index is 0.333. The van der Waals surface area contributed by atoms with Crippen LogP contribution >= 0.6 is 0 Å². The molecule has 0 N–H and O–H groups in total. The molecule has 2 saturated carbocycles. The standard InChI is InChI=1S/C29H36F2/c1-3-5-21-6-13-26(14-7-21)29(4-2)18-16-24(17-19-29)22-8-10-23(11-9-22)25-12-15-27(30)28(31)20-25/h4,8-12,15,20-21,24,26H,2-3,5-7,13-14,16-19H2,1H3. The molecule has 2 aromatic carbocycles. The minimum atomic E-state index is -0.799. The van der Waals surface area contributed by atoms with Crippen molar-refractivity contribution in [1.29, 1.82) is 0 Å². The summed E-state index contributed by atoms with van der Waals surface area (Å²) in [6, 6.07) is 12.6. The molecule has 0 unspecified atom stereocenters. The third kappa shape index (κ3) is 4.78. The second kappa shape index (κ2) is 9.67. The number of allylic oxidation sites excluding steroid dienone is 1. The third-order valence-electron chi connectivity index (χ3n) is 8.31. The Balaban J connectivity index is 1.38. The summed E-state index contributed by atoms with van der Waals surface area (Å²) in [6.07, 6.45) is 15.5. The first-order chi connectivity index (χ1) is 15.0. The van der Waals surface area contributed by atoms with E-state index in [1.54, 1.807) is 6.07 Å². The molecule has 4 rings (SSSR count). The monoisotopic (exact) mass is 422 g/mol. The molecule has 0 nitrogen and oxygen atoms in total. The van der Waals surface area contributed by atoms with Crippen molar-refractivity contribution in [3.63, 3.8) is 0 Å². The van der Waals surface area contributed by atoms with Gasteiger partial charge in [0.1, 0.15) is 0 Å². The van der Waals surface area contributed by atoms with E-state index in [4.69, 9.17) is 0 Å². The van der Waals surface area contributed by atoms with Crippen molar-refractivity contribution >= 4 is 0 Å². The van der Waals surface area contributed by atoms with Crippen LogP contribution < -0.4 is 0 Å². The summed E-state index contributed by atoms with van der Waals surface area (Å²) in [5.41, 5.74) is 3.36. The highest BCUT2D eigenvalue weighted by Crippen LogP contribution is 2.53. The van der Waals surface area contributed by atoms with E-state index in [9.17, 15) is 8.78 Å². The van der Waals surface area contributed by atoms with Crippen molar-refractivity contribution in [3.05, 3.63) is 72.3 Å². The zero-order chi connectivity index (χ0) is 21.8. The van der Waals surface area contributed by atoms with E-state index in [0.717, 1.165) is 23.0 Å². The van der Waals surface area contributed by atoms with Crippen LogP contribution in [-0.4, -0.2) is 0 Å². The highest BCUT2D eigenvalue weighted by Gasteiger charge is 2.41. The van der Waals surface area contributed by atoms with Crippen LogP contribution in [0.3, 0.4) is 0 Å². The molecule has 2 aliphatic rings. The predicted molar refractivity (Wildman–Crippen MR) is 126 cm³/mol. The molecule has 0 radical (unpaired) electrons. The van der Waals surface area contributed by atoms with Crippen molar-refractivity contribution in [2.75, 3.05) is 0 Å². The van der Waals surface area contributed by atoms with Gasteiger partial charge in [-0.05, 0) is 90.5 Å². The molecule has 2 aliphatic carbocycles. The molecule has 166 valence electrons. The van der Waals surface area contributed by atoms with E-state index < -0.39 is 11.6 Å². The van der Waals surface area contributed by atoms with Gasteiger partial charge in [0.15, 0.2) is 11.6 Å². The van der Waals surface area contributed by atoms with Crippen molar-refractivity contribution in [1.82, 2.24) is 0 Å². The lowest BCUT2D eigenvalue weighted by Crippen LogP contribution is -2.35. The van der Waals surface area contributed by atoms with E-state index >= 15 is 0 Å². The molecule has 0 atom stereocenters. The van der Waals surface area contributed by atoms with Crippen molar-refractivity contribution in [2.24, 2.45) is 17.3 Å². The fourth-order valence-corrected chi connectivity index (χ4v) is 6.33. The van der Waals surface area contributed by atoms with Crippen molar-refractivity contribution in [3.8, 4) is 11.1 Å². The van der Waals surface area contributed by atoms with Crippen molar-refractivity contribution < 1.29 is 8.78 Å².